The Morgan fingerprint density at radius 3 is 2.37 bits per heavy atom. The first-order valence-electron chi connectivity index (χ1n) is 8.48. The van der Waals surface area contributed by atoms with Gasteiger partial charge < -0.3 is 19.7 Å². The number of ether oxygens (including phenoxy) is 2. The van der Waals surface area contributed by atoms with Crippen molar-refractivity contribution in [2.24, 2.45) is 0 Å². The summed E-state index contributed by atoms with van der Waals surface area (Å²) in [7, 11) is 4.93. The van der Waals surface area contributed by atoms with Gasteiger partial charge in [0.05, 0.1) is 24.4 Å². The van der Waals surface area contributed by atoms with Crippen molar-refractivity contribution >= 4 is 29.1 Å². The van der Waals surface area contributed by atoms with Crippen molar-refractivity contribution in [3.8, 4) is 11.5 Å². The maximum Gasteiger partial charge on any atom is 0.253 e. The van der Waals surface area contributed by atoms with Gasteiger partial charge in [0.2, 0.25) is 5.91 Å². The van der Waals surface area contributed by atoms with Gasteiger partial charge in [-0.2, -0.15) is 0 Å². The molecule has 6 nitrogen and oxygen atoms in total. The minimum atomic E-state index is -0.190. The smallest absolute Gasteiger partial charge is 0.253 e. The molecular formula is C20H23ClN2O4. The van der Waals surface area contributed by atoms with Crippen molar-refractivity contribution in [3.63, 3.8) is 0 Å². The van der Waals surface area contributed by atoms with Gasteiger partial charge in [-0.15, -0.1) is 0 Å². The number of benzene rings is 2. The third-order valence-corrected chi connectivity index (χ3v) is 4.10. The molecular weight excluding hydrogens is 368 g/mol. The summed E-state index contributed by atoms with van der Waals surface area (Å²) >= 11 is 6.12. The Morgan fingerprint density at radius 2 is 1.74 bits per heavy atom. The fourth-order valence-electron chi connectivity index (χ4n) is 2.32. The van der Waals surface area contributed by atoms with E-state index in [1.807, 2.05) is 24.3 Å². The van der Waals surface area contributed by atoms with Crippen molar-refractivity contribution in [3.05, 3.63) is 53.1 Å². The van der Waals surface area contributed by atoms with Crippen LogP contribution in [0.15, 0.2) is 42.5 Å². The highest BCUT2D eigenvalue weighted by molar-refractivity contribution is 6.33. The van der Waals surface area contributed by atoms with Crippen LogP contribution in [-0.2, 0) is 4.79 Å². The number of hydrogen-bond acceptors (Lipinski definition) is 4. The average Bonchev–Trinajstić information content (AvgIpc) is 2.66. The molecule has 0 heterocycles. The monoisotopic (exact) mass is 390 g/mol. The van der Waals surface area contributed by atoms with Gasteiger partial charge >= 0.3 is 0 Å². The van der Waals surface area contributed by atoms with Crippen LogP contribution in [0.25, 0.3) is 0 Å². The quantitative estimate of drug-likeness (QED) is 0.695. The number of hydrogen-bond donors (Lipinski definition) is 1. The summed E-state index contributed by atoms with van der Waals surface area (Å²) < 4.78 is 10.7. The second kappa shape index (κ2) is 9.83. The molecule has 0 aliphatic carbocycles. The average molecular weight is 391 g/mol. The van der Waals surface area contributed by atoms with Crippen LogP contribution in [0.2, 0.25) is 5.02 Å². The van der Waals surface area contributed by atoms with Gasteiger partial charge in [0.25, 0.3) is 5.91 Å². The van der Waals surface area contributed by atoms with Crippen LogP contribution in [-0.4, -0.2) is 44.5 Å². The zero-order valence-electron chi connectivity index (χ0n) is 15.6. The highest BCUT2D eigenvalue weighted by Crippen LogP contribution is 2.24. The number of rotatable bonds is 8. The number of amides is 2. The third kappa shape index (κ3) is 6.18. The first kappa shape index (κ1) is 20.6. The molecule has 0 saturated heterocycles. The molecule has 0 spiro atoms. The molecule has 0 aliphatic rings. The van der Waals surface area contributed by atoms with Crippen LogP contribution >= 0.6 is 11.6 Å². The zero-order valence-corrected chi connectivity index (χ0v) is 16.4. The summed E-state index contributed by atoms with van der Waals surface area (Å²) in [6.07, 6.45) is 0.824. The van der Waals surface area contributed by atoms with Crippen LogP contribution in [0.4, 0.5) is 5.69 Å². The molecule has 0 unspecified atom stereocenters. The summed E-state index contributed by atoms with van der Waals surface area (Å²) in [5, 5.41) is 3.13. The van der Waals surface area contributed by atoms with Crippen molar-refractivity contribution in [1.82, 2.24) is 4.90 Å². The molecule has 1 N–H and O–H groups in total. The molecule has 0 aromatic heterocycles. The topological polar surface area (TPSA) is 67.9 Å². The highest BCUT2D eigenvalue weighted by Gasteiger charge is 2.12. The Bertz CT molecular complexity index is 791. The lowest BCUT2D eigenvalue weighted by Gasteiger charge is -2.13. The standard InChI is InChI=1S/C20H23ClN2O4/c1-23(2)20(25)14-6-11-17(21)18(13-14)22-19(24)5-4-12-27-16-9-7-15(26-3)8-10-16/h6-11,13H,4-5,12H2,1-3H3,(H,22,24). The van der Waals surface area contributed by atoms with E-state index >= 15 is 0 Å². The number of carbonyl (C=O) groups is 2. The Balaban J connectivity index is 1.82. The molecule has 2 rings (SSSR count). The van der Waals surface area contributed by atoms with Crippen molar-refractivity contribution in [1.29, 1.82) is 0 Å². The predicted molar refractivity (Wildman–Crippen MR) is 106 cm³/mol. The summed E-state index contributed by atoms with van der Waals surface area (Å²) in [4.78, 5) is 25.6. The number of carbonyl (C=O) groups excluding carboxylic acids is 2. The van der Waals surface area contributed by atoms with Crippen molar-refractivity contribution in [2.45, 2.75) is 12.8 Å². The molecule has 2 amide bonds. The van der Waals surface area contributed by atoms with E-state index in [0.717, 1.165) is 5.75 Å². The first-order chi connectivity index (χ1) is 12.9. The molecule has 7 heteroatoms. The highest BCUT2D eigenvalue weighted by atomic mass is 35.5. The van der Waals surface area contributed by atoms with Gasteiger partial charge in [-0.05, 0) is 48.9 Å². The number of nitrogens with zero attached hydrogens (tertiary/aromatic N) is 1. The minimum Gasteiger partial charge on any atom is -0.497 e. The van der Waals surface area contributed by atoms with E-state index in [4.69, 9.17) is 21.1 Å². The molecule has 2 aromatic carbocycles. The van der Waals surface area contributed by atoms with Gasteiger partial charge in [0.15, 0.2) is 0 Å². The van der Waals surface area contributed by atoms with Crippen molar-refractivity contribution in [2.75, 3.05) is 33.1 Å². The van der Waals surface area contributed by atoms with Crippen LogP contribution in [0, 0.1) is 0 Å². The Labute approximate surface area is 164 Å². The molecule has 0 fully saturated rings. The lowest BCUT2D eigenvalue weighted by molar-refractivity contribution is -0.116. The fourth-order valence-corrected chi connectivity index (χ4v) is 2.48. The number of methoxy groups -OCH3 is 1. The van der Waals surface area contributed by atoms with Gasteiger partial charge in [-0.1, -0.05) is 11.6 Å². The Morgan fingerprint density at radius 1 is 1.07 bits per heavy atom. The second-order valence-electron chi connectivity index (χ2n) is 6.07. The summed E-state index contributed by atoms with van der Waals surface area (Å²) in [6, 6.07) is 12.1. The van der Waals surface area contributed by atoms with Gasteiger partial charge in [0.1, 0.15) is 11.5 Å². The van der Waals surface area contributed by atoms with Crippen LogP contribution in [0.1, 0.15) is 23.2 Å². The minimum absolute atomic E-state index is 0.157. The van der Waals surface area contributed by atoms with E-state index in [1.165, 1.54) is 4.90 Å². The Kier molecular flexibility index (Phi) is 7.49. The molecule has 0 aliphatic heterocycles. The molecule has 0 bridgehead atoms. The second-order valence-corrected chi connectivity index (χ2v) is 6.48. The summed E-state index contributed by atoms with van der Waals surface area (Å²) in [5.74, 6) is 1.13. The predicted octanol–water partition coefficient (Wildman–Crippen LogP) is 3.85. The van der Waals surface area contributed by atoms with Crippen LogP contribution < -0.4 is 14.8 Å². The summed E-state index contributed by atoms with van der Waals surface area (Å²) in [6.45, 7) is 0.409. The van der Waals surface area contributed by atoms with Gasteiger partial charge in [0, 0.05) is 26.1 Å². The van der Waals surface area contributed by atoms with Gasteiger partial charge in [-0.3, -0.25) is 9.59 Å². The third-order valence-electron chi connectivity index (χ3n) is 3.77. The number of halogens is 1. The SMILES string of the molecule is COc1ccc(OCCCC(=O)Nc2cc(C(=O)N(C)C)ccc2Cl)cc1. The molecule has 0 atom stereocenters. The van der Waals surface area contributed by atoms with Crippen molar-refractivity contribution < 1.29 is 19.1 Å². The first-order valence-corrected chi connectivity index (χ1v) is 8.86. The molecule has 27 heavy (non-hydrogen) atoms. The fraction of sp³-hybridized carbons (Fsp3) is 0.300. The van der Waals surface area contributed by atoms with E-state index < -0.39 is 0 Å². The normalized spacial score (nSPS) is 10.2. The maximum atomic E-state index is 12.1. The zero-order chi connectivity index (χ0) is 19.8. The van der Waals surface area contributed by atoms with E-state index in [2.05, 4.69) is 5.32 Å². The van der Waals surface area contributed by atoms with Crippen LogP contribution in [0.5, 0.6) is 11.5 Å². The Hall–Kier alpha value is -2.73. The largest absolute Gasteiger partial charge is 0.497 e. The molecule has 0 radical (unpaired) electrons. The summed E-state index contributed by atoms with van der Waals surface area (Å²) in [5.41, 5.74) is 0.882. The van der Waals surface area contributed by atoms with E-state index in [1.54, 1.807) is 39.4 Å². The molecule has 144 valence electrons. The molecule has 2 aromatic rings. The number of nitrogens with one attached hydrogen (secondary N) is 1. The lowest BCUT2D eigenvalue weighted by Crippen LogP contribution is -2.22. The van der Waals surface area contributed by atoms with E-state index in [-0.39, 0.29) is 18.2 Å². The van der Waals surface area contributed by atoms with E-state index in [0.29, 0.717) is 35.1 Å². The van der Waals surface area contributed by atoms with Gasteiger partial charge in [-0.25, -0.2) is 0 Å². The maximum absolute atomic E-state index is 12.1. The van der Waals surface area contributed by atoms with Crippen LogP contribution in [0.3, 0.4) is 0 Å². The van der Waals surface area contributed by atoms with E-state index in [9.17, 15) is 9.59 Å². The molecule has 0 saturated carbocycles. The number of anilines is 1. The lowest BCUT2D eigenvalue weighted by atomic mass is 10.1.